The van der Waals surface area contributed by atoms with E-state index in [0.717, 1.165) is 6.20 Å². The number of aromatic nitrogens is 2. The minimum atomic E-state index is -2.73. The molecule has 0 saturated heterocycles. The first-order chi connectivity index (χ1) is 11.4. The van der Waals surface area contributed by atoms with Crippen LogP contribution in [0.25, 0.3) is 0 Å². The normalized spacial score (nSPS) is 10.7. The third-order valence-corrected chi connectivity index (χ3v) is 3.17. The molecule has 1 aromatic carbocycles. The number of rotatable bonds is 7. The minimum Gasteiger partial charge on any atom is -0.484 e. The molecule has 0 saturated carbocycles. The zero-order chi connectivity index (χ0) is 17.7. The van der Waals surface area contributed by atoms with Crippen LogP contribution in [0.3, 0.4) is 0 Å². The van der Waals surface area contributed by atoms with E-state index in [9.17, 15) is 23.7 Å². The van der Waals surface area contributed by atoms with Gasteiger partial charge in [0.15, 0.2) is 6.61 Å². The average Bonchev–Trinajstić information content (AvgIpc) is 3.01. The van der Waals surface area contributed by atoms with Gasteiger partial charge in [0.25, 0.3) is 11.6 Å². The Morgan fingerprint density at radius 3 is 2.67 bits per heavy atom. The van der Waals surface area contributed by atoms with E-state index in [1.807, 2.05) is 0 Å². The van der Waals surface area contributed by atoms with Gasteiger partial charge in [-0.3, -0.25) is 19.5 Å². The van der Waals surface area contributed by atoms with E-state index < -0.39 is 17.4 Å². The Balaban J connectivity index is 1.89. The van der Waals surface area contributed by atoms with Crippen LogP contribution >= 0.6 is 0 Å². The monoisotopic (exact) mass is 340 g/mol. The fourth-order valence-electron chi connectivity index (χ4n) is 1.86. The summed E-state index contributed by atoms with van der Waals surface area (Å²) in [7, 11) is 1.44. The topological polar surface area (TPSA) is 90.5 Å². The second kappa shape index (κ2) is 7.49. The van der Waals surface area contributed by atoms with Crippen molar-refractivity contribution in [3.63, 3.8) is 0 Å². The highest BCUT2D eigenvalue weighted by molar-refractivity contribution is 5.77. The molecule has 1 aromatic heterocycles. The molecule has 0 unspecified atom stereocenters. The van der Waals surface area contributed by atoms with E-state index in [4.69, 9.17) is 4.74 Å². The number of benzene rings is 1. The van der Waals surface area contributed by atoms with Crippen molar-refractivity contribution in [2.75, 3.05) is 13.7 Å². The number of halogens is 2. The van der Waals surface area contributed by atoms with Crippen molar-refractivity contribution >= 4 is 11.6 Å². The van der Waals surface area contributed by atoms with Crippen LogP contribution in [-0.4, -0.2) is 38.9 Å². The Hall–Kier alpha value is -3.04. The summed E-state index contributed by atoms with van der Waals surface area (Å²) in [4.78, 5) is 26.9. The molecule has 0 spiro atoms. The van der Waals surface area contributed by atoms with Crippen molar-refractivity contribution in [2.45, 2.75) is 13.1 Å². The maximum absolute atomic E-state index is 12.7. The van der Waals surface area contributed by atoms with Crippen LogP contribution in [0.1, 0.15) is 12.4 Å². The van der Waals surface area contributed by atoms with Crippen molar-refractivity contribution in [3.05, 3.63) is 52.6 Å². The first kappa shape index (κ1) is 17.3. The van der Waals surface area contributed by atoms with Gasteiger partial charge in [0.2, 0.25) is 0 Å². The number of carbonyl (C=O) groups is 1. The molecule has 0 radical (unpaired) electrons. The van der Waals surface area contributed by atoms with Gasteiger partial charge in [-0.2, -0.15) is 8.78 Å². The summed E-state index contributed by atoms with van der Waals surface area (Å²) in [6.07, 6.45) is 2.36. The number of likely N-dealkylation sites (N-methyl/N-ethyl adjacent to an activating group) is 1. The van der Waals surface area contributed by atoms with Crippen molar-refractivity contribution in [2.24, 2.45) is 0 Å². The highest BCUT2D eigenvalue weighted by atomic mass is 19.3. The molecule has 0 aliphatic heterocycles. The maximum atomic E-state index is 12.7. The number of amides is 1. The summed E-state index contributed by atoms with van der Waals surface area (Å²) in [5, 5.41) is 10.5. The van der Waals surface area contributed by atoms with Crippen LogP contribution in [0, 0.1) is 10.1 Å². The zero-order valence-electron chi connectivity index (χ0n) is 12.6. The van der Waals surface area contributed by atoms with Crippen LogP contribution in [0.5, 0.6) is 5.75 Å². The lowest BCUT2D eigenvalue weighted by Gasteiger charge is -2.17. The second-order valence-corrected chi connectivity index (χ2v) is 4.82. The third kappa shape index (κ3) is 4.24. The SMILES string of the molecule is CN(Cc1nccn1C(F)F)C(=O)COc1ccc([N+](=O)[O-])cc1. The standard InChI is InChI=1S/C14H14F2N4O4/c1-18(8-12-17-6-7-19(12)14(15)16)13(21)9-24-11-4-2-10(3-5-11)20(22)23/h2-7,14H,8-9H2,1H3. The second-order valence-electron chi connectivity index (χ2n) is 4.82. The molecule has 1 amide bonds. The Labute approximate surface area is 135 Å². The van der Waals surface area contributed by atoms with E-state index in [-0.39, 0.29) is 30.4 Å². The van der Waals surface area contributed by atoms with Gasteiger partial charge in [-0.1, -0.05) is 0 Å². The van der Waals surface area contributed by atoms with Crippen LogP contribution in [0.15, 0.2) is 36.7 Å². The Morgan fingerprint density at radius 2 is 2.08 bits per heavy atom. The van der Waals surface area contributed by atoms with E-state index in [1.165, 1.54) is 42.4 Å². The number of alkyl halides is 2. The number of nitro groups is 1. The summed E-state index contributed by atoms with van der Waals surface area (Å²) < 4.78 is 31.3. The maximum Gasteiger partial charge on any atom is 0.319 e. The van der Waals surface area contributed by atoms with Crippen molar-refractivity contribution in [1.29, 1.82) is 0 Å². The van der Waals surface area contributed by atoms with Gasteiger partial charge >= 0.3 is 6.55 Å². The molecule has 1 heterocycles. The van der Waals surface area contributed by atoms with Gasteiger partial charge in [0.1, 0.15) is 11.6 Å². The molecule has 2 rings (SSSR count). The number of nitrogens with zero attached hydrogens (tertiary/aromatic N) is 4. The van der Waals surface area contributed by atoms with Gasteiger partial charge in [-0.05, 0) is 12.1 Å². The summed E-state index contributed by atoms with van der Waals surface area (Å²) >= 11 is 0. The molecule has 0 atom stereocenters. The first-order valence-corrected chi connectivity index (χ1v) is 6.79. The fourth-order valence-corrected chi connectivity index (χ4v) is 1.86. The fraction of sp³-hybridized carbons (Fsp3) is 0.286. The summed E-state index contributed by atoms with van der Waals surface area (Å²) in [6.45, 7) is -3.16. The first-order valence-electron chi connectivity index (χ1n) is 6.79. The van der Waals surface area contributed by atoms with Crippen molar-refractivity contribution < 1.29 is 23.2 Å². The van der Waals surface area contributed by atoms with Crippen molar-refractivity contribution in [3.8, 4) is 5.75 Å². The molecule has 128 valence electrons. The Kier molecular flexibility index (Phi) is 5.40. The van der Waals surface area contributed by atoms with Gasteiger partial charge < -0.3 is 9.64 Å². The van der Waals surface area contributed by atoms with E-state index >= 15 is 0 Å². The van der Waals surface area contributed by atoms with Crippen LogP contribution in [0.4, 0.5) is 14.5 Å². The minimum absolute atomic E-state index is 0.0520. The molecular weight excluding hydrogens is 326 g/mol. The number of ether oxygens (including phenoxy) is 1. The van der Waals surface area contributed by atoms with Gasteiger partial charge in [-0.25, -0.2) is 4.98 Å². The summed E-state index contributed by atoms with van der Waals surface area (Å²) in [6, 6.07) is 5.25. The van der Waals surface area contributed by atoms with Gasteiger partial charge in [-0.15, -0.1) is 0 Å². The largest absolute Gasteiger partial charge is 0.484 e. The highest BCUT2D eigenvalue weighted by Crippen LogP contribution is 2.17. The van der Waals surface area contributed by atoms with E-state index in [0.29, 0.717) is 4.57 Å². The molecule has 0 bridgehead atoms. The molecule has 8 nitrogen and oxygen atoms in total. The lowest BCUT2D eigenvalue weighted by atomic mass is 10.3. The zero-order valence-corrected chi connectivity index (χ0v) is 12.6. The number of imidazole rings is 1. The molecule has 0 aliphatic carbocycles. The lowest BCUT2D eigenvalue weighted by molar-refractivity contribution is -0.384. The predicted molar refractivity (Wildman–Crippen MR) is 78.5 cm³/mol. The molecule has 2 aromatic rings. The highest BCUT2D eigenvalue weighted by Gasteiger charge is 2.16. The number of nitro benzene ring substituents is 1. The molecule has 0 N–H and O–H groups in total. The third-order valence-electron chi connectivity index (χ3n) is 3.17. The molecule has 0 fully saturated rings. The Bertz CT molecular complexity index is 718. The number of hydrogen-bond donors (Lipinski definition) is 0. The lowest BCUT2D eigenvalue weighted by Crippen LogP contribution is -2.32. The van der Waals surface area contributed by atoms with E-state index in [2.05, 4.69) is 4.98 Å². The molecule has 24 heavy (non-hydrogen) atoms. The van der Waals surface area contributed by atoms with E-state index in [1.54, 1.807) is 0 Å². The molecule has 10 heteroatoms. The predicted octanol–water partition coefficient (Wildman–Crippen LogP) is 2.22. The quantitative estimate of drug-likeness (QED) is 0.569. The number of non-ortho nitro benzene ring substituents is 1. The van der Waals surface area contributed by atoms with Crippen molar-refractivity contribution in [1.82, 2.24) is 14.5 Å². The molecule has 0 aliphatic rings. The summed E-state index contributed by atoms with van der Waals surface area (Å²) in [5.41, 5.74) is -0.0929. The van der Waals surface area contributed by atoms with Crippen LogP contribution in [-0.2, 0) is 11.3 Å². The van der Waals surface area contributed by atoms with Crippen LogP contribution < -0.4 is 4.74 Å². The number of hydrogen-bond acceptors (Lipinski definition) is 5. The summed E-state index contributed by atoms with van der Waals surface area (Å²) in [5.74, 6) is -0.107. The smallest absolute Gasteiger partial charge is 0.319 e. The van der Waals surface area contributed by atoms with Gasteiger partial charge in [0, 0.05) is 31.6 Å². The number of carbonyl (C=O) groups excluding carboxylic acids is 1. The van der Waals surface area contributed by atoms with Gasteiger partial charge in [0.05, 0.1) is 11.5 Å². The van der Waals surface area contributed by atoms with Crippen LogP contribution in [0.2, 0.25) is 0 Å². The Morgan fingerprint density at radius 1 is 1.42 bits per heavy atom. The average molecular weight is 340 g/mol. The molecular formula is C14H14F2N4O4.